The van der Waals surface area contributed by atoms with Gasteiger partial charge in [0.1, 0.15) is 4.90 Å². The molecule has 0 aliphatic carbocycles. The second-order valence-electron chi connectivity index (χ2n) is 5.48. The maximum atomic E-state index is 12.5. The SMILES string of the molecule is CCCn1cc(S(=O)(=O)N(C)CCCN(C)C)cc1CCl. The van der Waals surface area contributed by atoms with Crippen LogP contribution in [0, 0.1) is 0 Å². The molecule has 0 aromatic carbocycles. The lowest BCUT2D eigenvalue weighted by molar-refractivity contribution is 0.370. The summed E-state index contributed by atoms with van der Waals surface area (Å²) in [5.41, 5.74) is 0.846. The zero-order valence-corrected chi connectivity index (χ0v) is 14.9. The summed E-state index contributed by atoms with van der Waals surface area (Å²) in [4.78, 5) is 2.38. The van der Waals surface area contributed by atoms with Gasteiger partial charge in [0.15, 0.2) is 0 Å². The predicted molar refractivity (Wildman–Crippen MR) is 87.3 cm³/mol. The number of alkyl halides is 1. The van der Waals surface area contributed by atoms with Crippen molar-refractivity contribution in [2.45, 2.75) is 37.1 Å². The topological polar surface area (TPSA) is 45.6 Å². The molecule has 1 aromatic rings. The van der Waals surface area contributed by atoms with E-state index in [4.69, 9.17) is 11.6 Å². The summed E-state index contributed by atoms with van der Waals surface area (Å²) < 4.78 is 28.4. The molecule has 0 radical (unpaired) electrons. The Bertz CT molecular complexity index is 540. The van der Waals surface area contributed by atoms with E-state index in [1.807, 2.05) is 23.6 Å². The van der Waals surface area contributed by atoms with E-state index in [2.05, 4.69) is 6.92 Å². The molecule has 1 rings (SSSR count). The van der Waals surface area contributed by atoms with Crippen molar-refractivity contribution in [3.05, 3.63) is 18.0 Å². The number of aromatic nitrogens is 1. The van der Waals surface area contributed by atoms with Crippen LogP contribution >= 0.6 is 11.6 Å². The third-order valence-corrected chi connectivity index (χ3v) is 5.44. The first-order valence-electron chi connectivity index (χ1n) is 7.19. The normalized spacial score (nSPS) is 12.5. The Morgan fingerprint density at radius 1 is 1.24 bits per heavy atom. The lowest BCUT2D eigenvalue weighted by Gasteiger charge is -2.17. The standard InChI is InChI=1S/C14H26ClN3O2S/c1-5-7-18-12-14(10-13(18)11-15)21(19,20)17(4)9-6-8-16(2)3/h10,12H,5-9,11H2,1-4H3. The molecule has 0 amide bonds. The second kappa shape index (κ2) is 8.17. The number of rotatable bonds is 9. The minimum absolute atomic E-state index is 0.319. The second-order valence-corrected chi connectivity index (χ2v) is 7.79. The molecule has 1 heterocycles. The van der Waals surface area contributed by atoms with E-state index >= 15 is 0 Å². The number of aryl methyl sites for hydroxylation is 1. The first-order chi connectivity index (χ1) is 9.82. The zero-order valence-electron chi connectivity index (χ0n) is 13.3. The highest BCUT2D eigenvalue weighted by atomic mass is 35.5. The van der Waals surface area contributed by atoms with Crippen molar-refractivity contribution in [2.75, 3.05) is 34.2 Å². The van der Waals surface area contributed by atoms with Crippen LogP contribution in [0.1, 0.15) is 25.5 Å². The highest BCUT2D eigenvalue weighted by molar-refractivity contribution is 7.89. The average Bonchev–Trinajstić information content (AvgIpc) is 2.82. The van der Waals surface area contributed by atoms with Crippen molar-refractivity contribution in [2.24, 2.45) is 0 Å². The highest BCUT2D eigenvalue weighted by Gasteiger charge is 2.23. The lowest BCUT2D eigenvalue weighted by Crippen LogP contribution is -2.29. The summed E-state index contributed by atoms with van der Waals surface area (Å²) in [6.45, 7) is 4.21. The van der Waals surface area contributed by atoms with Crippen LogP contribution in [-0.2, 0) is 22.4 Å². The van der Waals surface area contributed by atoms with Crippen molar-refractivity contribution in [3.8, 4) is 0 Å². The Morgan fingerprint density at radius 3 is 2.43 bits per heavy atom. The molecule has 21 heavy (non-hydrogen) atoms. The Hall–Kier alpha value is -0.560. The minimum Gasteiger partial charge on any atom is -0.349 e. The van der Waals surface area contributed by atoms with Crippen molar-refractivity contribution in [3.63, 3.8) is 0 Å². The van der Waals surface area contributed by atoms with Crippen LogP contribution in [0.25, 0.3) is 0 Å². The fraction of sp³-hybridized carbons (Fsp3) is 0.714. The maximum Gasteiger partial charge on any atom is 0.244 e. The smallest absolute Gasteiger partial charge is 0.244 e. The molecule has 7 heteroatoms. The zero-order chi connectivity index (χ0) is 16.0. The van der Waals surface area contributed by atoms with Gasteiger partial charge >= 0.3 is 0 Å². The molecule has 0 spiro atoms. The van der Waals surface area contributed by atoms with Gasteiger partial charge in [-0.1, -0.05) is 6.92 Å². The summed E-state index contributed by atoms with van der Waals surface area (Å²) in [5.74, 6) is 0.319. The van der Waals surface area contributed by atoms with Crippen LogP contribution in [0.15, 0.2) is 17.2 Å². The first-order valence-corrected chi connectivity index (χ1v) is 9.16. The quantitative estimate of drug-likeness (QED) is 0.650. The lowest BCUT2D eigenvalue weighted by atomic mass is 10.4. The molecule has 122 valence electrons. The largest absolute Gasteiger partial charge is 0.349 e. The summed E-state index contributed by atoms with van der Waals surface area (Å²) in [5, 5.41) is 0. The van der Waals surface area contributed by atoms with Crippen LogP contribution in [0.3, 0.4) is 0 Å². The molecule has 1 aromatic heterocycles. The monoisotopic (exact) mass is 335 g/mol. The van der Waals surface area contributed by atoms with Crippen LogP contribution in [-0.4, -0.2) is 56.4 Å². The summed E-state index contributed by atoms with van der Waals surface area (Å²) in [6, 6.07) is 1.68. The van der Waals surface area contributed by atoms with Gasteiger partial charge in [0, 0.05) is 32.0 Å². The van der Waals surface area contributed by atoms with E-state index in [1.165, 1.54) is 4.31 Å². The molecular weight excluding hydrogens is 310 g/mol. The Kier molecular flexibility index (Phi) is 7.20. The highest BCUT2D eigenvalue weighted by Crippen LogP contribution is 2.20. The van der Waals surface area contributed by atoms with E-state index in [1.54, 1.807) is 19.3 Å². The molecule has 0 fully saturated rings. The molecule has 5 nitrogen and oxygen atoms in total. The van der Waals surface area contributed by atoms with E-state index < -0.39 is 10.0 Å². The van der Waals surface area contributed by atoms with E-state index in [0.717, 1.165) is 31.6 Å². The van der Waals surface area contributed by atoms with Crippen LogP contribution < -0.4 is 0 Å². The summed E-state index contributed by atoms with van der Waals surface area (Å²) in [6.07, 6.45) is 3.44. The van der Waals surface area contributed by atoms with Gasteiger partial charge in [-0.2, -0.15) is 0 Å². The number of halogens is 1. The minimum atomic E-state index is -3.43. The molecule has 0 atom stereocenters. The van der Waals surface area contributed by atoms with Crippen molar-refractivity contribution in [1.29, 1.82) is 0 Å². The number of hydrogen-bond donors (Lipinski definition) is 0. The Balaban J connectivity index is 2.86. The molecule has 0 bridgehead atoms. The van der Waals surface area contributed by atoms with Gasteiger partial charge in [-0.25, -0.2) is 12.7 Å². The van der Waals surface area contributed by atoms with Gasteiger partial charge in [0.05, 0.1) is 5.88 Å². The van der Waals surface area contributed by atoms with Crippen LogP contribution in [0.2, 0.25) is 0 Å². The van der Waals surface area contributed by atoms with Gasteiger partial charge in [-0.3, -0.25) is 0 Å². The average molecular weight is 336 g/mol. The van der Waals surface area contributed by atoms with Crippen molar-refractivity contribution < 1.29 is 8.42 Å². The third kappa shape index (κ3) is 4.98. The molecule has 0 aliphatic heterocycles. The first kappa shape index (κ1) is 18.5. The van der Waals surface area contributed by atoms with Crippen molar-refractivity contribution in [1.82, 2.24) is 13.8 Å². The fourth-order valence-electron chi connectivity index (χ4n) is 2.14. The van der Waals surface area contributed by atoms with Crippen molar-refractivity contribution >= 4 is 21.6 Å². The predicted octanol–water partition coefficient (Wildman–Crippen LogP) is 2.21. The maximum absolute atomic E-state index is 12.5. The molecular formula is C14H26ClN3O2S. The third-order valence-electron chi connectivity index (χ3n) is 3.35. The van der Waals surface area contributed by atoms with Gasteiger partial charge in [-0.05, 0) is 39.5 Å². The fourth-order valence-corrected chi connectivity index (χ4v) is 3.64. The number of sulfonamides is 1. The number of nitrogens with zero attached hydrogens (tertiary/aromatic N) is 3. The van der Waals surface area contributed by atoms with Gasteiger partial charge in [-0.15, -0.1) is 11.6 Å². The van der Waals surface area contributed by atoms with Gasteiger partial charge in [0.2, 0.25) is 10.0 Å². The molecule has 0 N–H and O–H groups in total. The molecule has 0 unspecified atom stereocenters. The summed E-state index contributed by atoms with van der Waals surface area (Å²) >= 11 is 5.89. The van der Waals surface area contributed by atoms with Crippen LogP contribution in [0.4, 0.5) is 0 Å². The van der Waals surface area contributed by atoms with E-state index in [0.29, 0.717) is 17.3 Å². The van der Waals surface area contributed by atoms with Gasteiger partial charge < -0.3 is 9.47 Å². The molecule has 0 aliphatic rings. The Labute approximate surface area is 133 Å². The Morgan fingerprint density at radius 2 is 1.90 bits per heavy atom. The van der Waals surface area contributed by atoms with Gasteiger partial charge in [0.25, 0.3) is 0 Å². The van der Waals surface area contributed by atoms with E-state index in [-0.39, 0.29) is 0 Å². The van der Waals surface area contributed by atoms with E-state index in [9.17, 15) is 8.42 Å². The molecule has 0 saturated carbocycles. The summed E-state index contributed by atoms with van der Waals surface area (Å²) in [7, 11) is 2.15. The molecule has 0 saturated heterocycles. The number of hydrogen-bond acceptors (Lipinski definition) is 3. The van der Waals surface area contributed by atoms with Crippen LogP contribution in [0.5, 0.6) is 0 Å².